The van der Waals surface area contributed by atoms with Gasteiger partial charge in [-0.2, -0.15) is 13.2 Å². The molecule has 0 saturated heterocycles. The number of nitrogens with zero attached hydrogens (tertiary/aromatic N) is 2. The second-order valence-corrected chi connectivity index (χ2v) is 6.56. The van der Waals surface area contributed by atoms with Crippen molar-refractivity contribution in [2.45, 2.75) is 6.18 Å². The molecule has 0 spiro atoms. The molecular formula is C21H23Cl2F3N2O. The van der Waals surface area contributed by atoms with Crippen LogP contribution in [0.3, 0.4) is 0 Å². The zero-order valence-corrected chi connectivity index (χ0v) is 17.7. The Bertz CT molecular complexity index is 850. The van der Waals surface area contributed by atoms with Crippen molar-refractivity contribution in [2.24, 2.45) is 0 Å². The summed E-state index contributed by atoms with van der Waals surface area (Å²) in [5, 5.41) is 0. The van der Waals surface area contributed by atoms with Crippen LogP contribution in [-0.2, 0) is 6.18 Å². The standard InChI is InChI=1S/C21H21F3N2O.2ClH/c1-25(2)13-14-26-12-11-16-5-3-4-6-19(16)20(15-26)27-18-9-7-17(8-10-18)21(22,23)24;;/h3-12,15H,13-14H2,1-2H3;2*1H. The number of ether oxygens (including phenoxy) is 1. The third kappa shape index (κ3) is 6.70. The normalized spacial score (nSPS) is 13.0. The van der Waals surface area contributed by atoms with Crippen LogP contribution in [0.2, 0.25) is 0 Å². The molecule has 158 valence electrons. The third-order valence-electron chi connectivity index (χ3n) is 4.17. The van der Waals surface area contributed by atoms with Gasteiger partial charge in [0.15, 0.2) is 5.76 Å². The fourth-order valence-corrected chi connectivity index (χ4v) is 2.68. The van der Waals surface area contributed by atoms with Crippen molar-refractivity contribution in [1.82, 2.24) is 9.80 Å². The van der Waals surface area contributed by atoms with Gasteiger partial charge in [0.05, 0.1) is 5.56 Å². The average Bonchev–Trinajstić information content (AvgIpc) is 2.80. The fourth-order valence-electron chi connectivity index (χ4n) is 2.68. The molecule has 1 aliphatic rings. The van der Waals surface area contributed by atoms with Gasteiger partial charge < -0.3 is 14.5 Å². The maximum Gasteiger partial charge on any atom is 0.416 e. The second kappa shape index (κ2) is 10.6. The van der Waals surface area contributed by atoms with E-state index in [0.29, 0.717) is 11.5 Å². The van der Waals surface area contributed by atoms with Gasteiger partial charge >= 0.3 is 6.18 Å². The maximum absolute atomic E-state index is 12.8. The van der Waals surface area contributed by atoms with E-state index in [-0.39, 0.29) is 24.8 Å². The molecule has 0 unspecified atom stereocenters. The van der Waals surface area contributed by atoms with Crippen LogP contribution >= 0.6 is 24.8 Å². The number of alkyl halides is 3. The zero-order valence-electron chi connectivity index (χ0n) is 16.0. The van der Waals surface area contributed by atoms with E-state index >= 15 is 0 Å². The lowest BCUT2D eigenvalue weighted by molar-refractivity contribution is -0.137. The minimum absolute atomic E-state index is 0. The number of likely N-dealkylation sites (N-methyl/N-ethyl adjacent to an activating group) is 1. The lowest BCUT2D eigenvalue weighted by atomic mass is 10.1. The minimum atomic E-state index is -4.36. The Balaban J connectivity index is 0.00000210. The van der Waals surface area contributed by atoms with E-state index in [1.807, 2.05) is 61.7 Å². The first-order valence-corrected chi connectivity index (χ1v) is 8.58. The first kappa shape index (κ1) is 24.9. The van der Waals surface area contributed by atoms with Crippen LogP contribution in [0.5, 0.6) is 5.75 Å². The number of rotatable bonds is 5. The molecule has 8 heteroatoms. The van der Waals surface area contributed by atoms with Gasteiger partial charge in [-0.1, -0.05) is 24.3 Å². The monoisotopic (exact) mass is 446 g/mol. The van der Waals surface area contributed by atoms with Crippen LogP contribution in [0, 0.1) is 0 Å². The summed E-state index contributed by atoms with van der Waals surface area (Å²) in [6, 6.07) is 12.5. The molecule has 29 heavy (non-hydrogen) atoms. The highest BCUT2D eigenvalue weighted by Crippen LogP contribution is 2.32. The minimum Gasteiger partial charge on any atom is -0.455 e. The highest BCUT2D eigenvalue weighted by Gasteiger charge is 2.30. The lowest BCUT2D eigenvalue weighted by Crippen LogP contribution is -2.24. The summed E-state index contributed by atoms with van der Waals surface area (Å²) in [7, 11) is 4.00. The summed E-state index contributed by atoms with van der Waals surface area (Å²) in [4.78, 5) is 4.09. The van der Waals surface area contributed by atoms with Crippen molar-refractivity contribution in [1.29, 1.82) is 0 Å². The van der Waals surface area contributed by atoms with Crippen LogP contribution < -0.4 is 4.74 Å². The highest BCUT2D eigenvalue weighted by atomic mass is 35.5. The van der Waals surface area contributed by atoms with Crippen LogP contribution in [0.4, 0.5) is 13.2 Å². The molecule has 0 atom stereocenters. The van der Waals surface area contributed by atoms with Crippen LogP contribution in [0.15, 0.2) is 60.9 Å². The van der Waals surface area contributed by atoms with Gasteiger partial charge in [0.1, 0.15) is 5.75 Å². The fraction of sp³-hybridized carbons (Fsp3) is 0.238. The van der Waals surface area contributed by atoms with E-state index in [0.717, 1.165) is 36.3 Å². The van der Waals surface area contributed by atoms with Crippen LogP contribution in [-0.4, -0.2) is 37.0 Å². The summed E-state index contributed by atoms with van der Waals surface area (Å²) in [5.74, 6) is 0.952. The molecule has 3 nitrogen and oxygen atoms in total. The smallest absolute Gasteiger partial charge is 0.416 e. The van der Waals surface area contributed by atoms with Gasteiger partial charge in [-0.05, 0) is 50.0 Å². The zero-order chi connectivity index (χ0) is 19.4. The summed E-state index contributed by atoms with van der Waals surface area (Å²) in [5.41, 5.74) is 1.18. The van der Waals surface area contributed by atoms with Crippen molar-refractivity contribution in [2.75, 3.05) is 27.2 Å². The van der Waals surface area contributed by atoms with E-state index in [1.165, 1.54) is 12.1 Å². The maximum atomic E-state index is 12.8. The predicted molar refractivity (Wildman–Crippen MR) is 115 cm³/mol. The molecule has 0 fully saturated rings. The van der Waals surface area contributed by atoms with Crippen molar-refractivity contribution in [3.8, 4) is 5.75 Å². The Morgan fingerprint density at radius 3 is 2.24 bits per heavy atom. The molecule has 0 bridgehead atoms. The first-order valence-electron chi connectivity index (χ1n) is 8.58. The van der Waals surface area contributed by atoms with Gasteiger partial charge in [-0.25, -0.2) is 0 Å². The molecule has 1 heterocycles. The lowest BCUT2D eigenvalue weighted by Gasteiger charge is -2.19. The quantitative estimate of drug-likeness (QED) is 0.579. The van der Waals surface area contributed by atoms with Gasteiger partial charge in [-0.15, -0.1) is 24.8 Å². The summed E-state index contributed by atoms with van der Waals surface area (Å²) in [6.07, 6.45) is 1.50. The Morgan fingerprint density at radius 1 is 0.966 bits per heavy atom. The largest absolute Gasteiger partial charge is 0.455 e. The highest BCUT2D eigenvalue weighted by molar-refractivity contribution is 5.85. The molecule has 1 aliphatic heterocycles. The number of halogens is 5. The number of fused-ring (bicyclic) bond motifs is 1. The first-order chi connectivity index (χ1) is 12.8. The van der Waals surface area contributed by atoms with Gasteiger partial charge in [0.2, 0.25) is 0 Å². The second-order valence-electron chi connectivity index (χ2n) is 6.56. The van der Waals surface area contributed by atoms with E-state index in [4.69, 9.17) is 4.74 Å². The number of hydrogen-bond donors (Lipinski definition) is 0. The Labute approximate surface area is 181 Å². The van der Waals surface area contributed by atoms with E-state index in [2.05, 4.69) is 4.90 Å². The molecule has 0 amide bonds. The molecule has 0 N–H and O–H groups in total. The van der Waals surface area contributed by atoms with E-state index < -0.39 is 11.7 Å². The summed E-state index contributed by atoms with van der Waals surface area (Å²) in [6.45, 7) is 1.61. The van der Waals surface area contributed by atoms with Gasteiger partial charge in [0.25, 0.3) is 0 Å². The van der Waals surface area contributed by atoms with E-state index in [1.54, 1.807) is 0 Å². The molecule has 2 aromatic rings. The van der Waals surface area contributed by atoms with Crippen molar-refractivity contribution in [3.63, 3.8) is 0 Å². The number of benzene rings is 2. The third-order valence-corrected chi connectivity index (χ3v) is 4.17. The Hall–Kier alpha value is -2.15. The molecule has 0 radical (unpaired) electrons. The molecule has 2 aromatic carbocycles. The Morgan fingerprint density at radius 2 is 1.62 bits per heavy atom. The molecular weight excluding hydrogens is 424 g/mol. The average molecular weight is 447 g/mol. The predicted octanol–water partition coefficient (Wildman–Crippen LogP) is 5.77. The molecule has 0 aromatic heterocycles. The summed E-state index contributed by atoms with van der Waals surface area (Å²) >= 11 is 0. The molecule has 0 saturated carbocycles. The van der Waals surface area contributed by atoms with Gasteiger partial charge in [0, 0.05) is 31.1 Å². The number of hydrogen-bond acceptors (Lipinski definition) is 3. The van der Waals surface area contributed by atoms with Crippen molar-refractivity contribution < 1.29 is 17.9 Å². The van der Waals surface area contributed by atoms with Gasteiger partial charge in [-0.3, -0.25) is 0 Å². The SMILES string of the molecule is CN(C)CCN1C=Cc2ccccc2C(Oc2ccc(C(F)(F)F)cc2)=C1.Cl.Cl. The summed E-state index contributed by atoms with van der Waals surface area (Å²) < 4.78 is 44.2. The van der Waals surface area contributed by atoms with E-state index in [9.17, 15) is 13.2 Å². The van der Waals surface area contributed by atoms with Crippen LogP contribution in [0.25, 0.3) is 11.8 Å². The Kier molecular flexibility index (Phi) is 9.08. The molecule has 0 aliphatic carbocycles. The van der Waals surface area contributed by atoms with Crippen molar-refractivity contribution in [3.05, 3.63) is 77.6 Å². The molecule has 3 rings (SSSR count). The van der Waals surface area contributed by atoms with Crippen LogP contribution in [0.1, 0.15) is 16.7 Å². The van der Waals surface area contributed by atoms with Crippen molar-refractivity contribution >= 4 is 36.6 Å². The topological polar surface area (TPSA) is 15.7 Å².